The lowest BCUT2D eigenvalue weighted by Gasteiger charge is -2.28. The normalized spacial score (nSPS) is 25.1. The lowest BCUT2D eigenvalue weighted by atomic mass is 9.82. The molecule has 0 N–H and O–H groups in total. The van der Waals surface area contributed by atoms with Gasteiger partial charge in [-0.05, 0) is 37.2 Å². The molecule has 1 aromatic rings. The Balaban J connectivity index is 1.99. The van der Waals surface area contributed by atoms with E-state index in [1.54, 1.807) is 0 Å². The molecule has 0 unspecified atom stereocenters. The second-order valence-electron chi connectivity index (χ2n) is 4.51. The second-order valence-corrected chi connectivity index (χ2v) is 4.51. The monoisotopic (exact) mass is 218 g/mol. The van der Waals surface area contributed by atoms with Crippen LogP contribution in [0, 0.1) is 0 Å². The summed E-state index contributed by atoms with van der Waals surface area (Å²) >= 11 is 0. The summed E-state index contributed by atoms with van der Waals surface area (Å²) in [5, 5.41) is 0. The first kappa shape index (κ1) is 11.2. The fourth-order valence-corrected chi connectivity index (χ4v) is 2.51. The van der Waals surface area contributed by atoms with E-state index in [0.717, 1.165) is 19.3 Å². The van der Waals surface area contributed by atoms with Gasteiger partial charge in [-0.25, -0.2) is 0 Å². The van der Waals surface area contributed by atoms with Gasteiger partial charge in [-0.15, -0.1) is 0 Å². The van der Waals surface area contributed by atoms with E-state index in [4.69, 9.17) is 4.74 Å². The zero-order valence-corrected chi connectivity index (χ0v) is 9.69. The summed E-state index contributed by atoms with van der Waals surface area (Å²) in [6.07, 6.45) is 4.47. The van der Waals surface area contributed by atoms with Crippen molar-refractivity contribution >= 4 is 5.97 Å². The van der Waals surface area contributed by atoms with E-state index < -0.39 is 0 Å². The summed E-state index contributed by atoms with van der Waals surface area (Å²) in [7, 11) is 0. The molecule has 86 valence electrons. The molecular formula is C14H18O2. The second kappa shape index (κ2) is 5.15. The van der Waals surface area contributed by atoms with Crippen LogP contribution in [0.1, 0.15) is 44.1 Å². The van der Waals surface area contributed by atoms with Gasteiger partial charge in [-0.2, -0.15) is 0 Å². The molecule has 0 heterocycles. The maximum atomic E-state index is 10.9. The third-order valence-corrected chi connectivity index (χ3v) is 3.23. The van der Waals surface area contributed by atoms with Crippen molar-refractivity contribution in [2.24, 2.45) is 0 Å². The number of hydrogen-bond donors (Lipinski definition) is 0. The molecule has 1 fully saturated rings. The highest BCUT2D eigenvalue weighted by molar-refractivity contribution is 5.66. The van der Waals surface area contributed by atoms with Crippen LogP contribution in [0.5, 0.6) is 0 Å². The van der Waals surface area contributed by atoms with Crippen molar-refractivity contribution in [2.75, 3.05) is 0 Å². The fraction of sp³-hybridized carbons (Fsp3) is 0.500. The predicted molar refractivity (Wildman–Crippen MR) is 63.2 cm³/mol. The minimum Gasteiger partial charge on any atom is -0.463 e. The molecule has 1 saturated carbocycles. The summed E-state index contributed by atoms with van der Waals surface area (Å²) in [5.41, 5.74) is 1.37. The van der Waals surface area contributed by atoms with Crippen molar-refractivity contribution in [3.8, 4) is 0 Å². The highest BCUT2D eigenvalue weighted by Gasteiger charge is 2.24. The number of benzene rings is 1. The van der Waals surface area contributed by atoms with Crippen LogP contribution in [0.4, 0.5) is 0 Å². The van der Waals surface area contributed by atoms with Crippen molar-refractivity contribution in [1.82, 2.24) is 0 Å². The van der Waals surface area contributed by atoms with Gasteiger partial charge in [0.1, 0.15) is 6.10 Å². The Hall–Kier alpha value is -1.31. The van der Waals surface area contributed by atoms with E-state index >= 15 is 0 Å². The molecule has 2 heteroatoms. The molecule has 16 heavy (non-hydrogen) atoms. The number of carbonyl (C=O) groups is 1. The quantitative estimate of drug-likeness (QED) is 0.712. The molecule has 1 aliphatic carbocycles. The molecule has 2 nitrogen and oxygen atoms in total. The Morgan fingerprint density at radius 1 is 1.25 bits per heavy atom. The maximum absolute atomic E-state index is 10.9. The number of carbonyl (C=O) groups excluding carboxylic acids is 1. The number of rotatable bonds is 2. The zero-order valence-electron chi connectivity index (χ0n) is 9.69. The topological polar surface area (TPSA) is 26.3 Å². The van der Waals surface area contributed by atoms with Crippen molar-refractivity contribution in [3.63, 3.8) is 0 Å². The highest BCUT2D eigenvalue weighted by Crippen LogP contribution is 2.33. The molecule has 0 aliphatic heterocycles. The van der Waals surface area contributed by atoms with Crippen molar-refractivity contribution in [2.45, 2.75) is 44.6 Å². The third kappa shape index (κ3) is 2.84. The van der Waals surface area contributed by atoms with Crippen molar-refractivity contribution < 1.29 is 9.53 Å². The van der Waals surface area contributed by atoms with E-state index in [1.165, 1.54) is 18.9 Å². The Morgan fingerprint density at radius 2 is 2.00 bits per heavy atom. The van der Waals surface area contributed by atoms with Crippen LogP contribution in [-0.2, 0) is 9.53 Å². The van der Waals surface area contributed by atoms with Crippen LogP contribution in [0.15, 0.2) is 30.3 Å². The van der Waals surface area contributed by atoms with E-state index in [-0.39, 0.29) is 12.1 Å². The largest absolute Gasteiger partial charge is 0.463 e. The molecular weight excluding hydrogens is 200 g/mol. The first-order chi connectivity index (χ1) is 7.75. The van der Waals surface area contributed by atoms with Crippen molar-refractivity contribution in [3.05, 3.63) is 35.9 Å². The summed E-state index contributed by atoms with van der Waals surface area (Å²) in [4.78, 5) is 10.9. The minimum absolute atomic E-state index is 0.122. The van der Waals surface area contributed by atoms with Gasteiger partial charge in [0.25, 0.3) is 0 Å². The maximum Gasteiger partial charge on any atom is 0.302 e. The van der Waals surface area contributed by atoms with Gasteiger partial charge in [0.15, 0.2) is 0 Å². The first-order valence-electron chi connectivity index (χ1n) is 5.98. The van der Waals surface area contributed by atoms with Gasteiger partial charge in [-0.1, -0.05) is 30.3 Å². The van der Waals surface area contributed by atoms with Gasteiger partial charge < -0.3 is 4.74 Å². The Labute approximate surface area is 96.6 Å². The van der Waals surface area contributed by atoms with Gasteiger partial charge >= 0.3 is 5.97 Å². The minimum atomic E-state index is -0.154. The van der Waals surface area contributed by atoms with E-state index in [9.17, 15) is 4.79 Å². The third-order valence-electron chi connectivity index (χ3n) is 3.23. The number of esters is 1. The van der Waals surface area contributed by atoms with Crippen LogP contribution in [0.2, 0.25) is 0 Å². The molecule has 0 radical (unpaired) electrons. The molecule has 2 atom stereocenters. The van der Waals surface area contributed by atoms with Crippen LogP contribution in [0.3, 0.4) is 0 Å². The summed E-state index contributed by atoms with van der Waals surface area (Å²) in [6.45, 7) is 1.49. The smallest absolute Gasteiger partial charge is 0.302 e. The molecule has 1 aliphatic rings. The summed E-state index contributed by atoms with van der Waals surface area (Å²) in [5.74, 6) is 0.401. The lowest BCUT2D eigenvalue weighted by Crippen LogP contribution is -2.23. The number of ether oxygens (including phenoxy) is 1. The van der Waals surface area contributed by atoms with Crippen LogP contribution in [-0.4, -0.2) is 12.1 Å². The van der Waals surface area contributed by atoms with Crippen LogP contribution < -0.4 is 0 Å². The Morgan fingerprint density at radius 3 is 2.69 bits per heavy atom. The molecule has 0 saturated heterocycles. The molecule has 1 aromatic carbocycles. The average molecular weight is 218 g/mol. The van der Waals surface area contributed by atoms with Crippen LogP contribution >= 0.6 is 0 Å². The Bertz CT molecular complexity index is 345. The van der Waals surface area contributed by atoms with Crippen molar-refractivity contribution in [1.29, 1.82) is 0 Å². The molecule has 2 rings (SSSR count). The predicted octanol–water partition coefficient (Wildman–Crippen LogP) is 3.28. The van der Waals surface area contributed by atoms with Gasteiger partial charge in [0, 0.05) is 6.92 Å². The molecule has 0 bridgehead atoms. The molecule has 0 aromatic heterocycles. The highest BCUT2D eigenvalue weighted by atomic mass is 16.5. The van der Waals surface area contributed by atoms with Gasteiger partial charge in [-0.3, -0.25) is 4.79 Å². The standard InChI is InChI=1S/C14H18O2/c1-11(15)16-14-9-5-8-13(10-14)12-6-3-2-4-7-12/h2-4,6-7,13-14H,5,8-10H2,1H3/t13-,14+/m0/s1. The SMILES string of the molecule is CC(=O)O[C@@H]1CCC[C@H](c2ccccc2)C1. The van der Waals surface area contributed by atoms with E-state index in [1.807, 2.05) is 6.07 Å². The molecule has 0 spiro atoms. The summed E-state index contributed by atoms with van der Waals surface area (Å²) in [6, 6.07) is 10.5. The lowest BCUT2D eigenvalue weighted by molar-refractivity contribution is -0.147. The summed E-state index contributed by atoms with van der Waals surface area (Å²) < 4.78 is 5.30. The molecule has 0 amide bonds. The Kier molecular flexibility index (Phi) is 3.60. The van der Waals surface area contributed by atoms with Crippen LogP contribution in [0.25, 0.3) is 0 Å². The zero-order chi connectivity index (χ0) is 11.4. The van der Waals surface area contributed by atoms with Gasteiger partial charge in [0.05, 0.1) is 0 Å². The van der Waals surface area contributed by atoms with E-state index in [2.05, 4.69) is 24.3 Å². The van der Waals surface area contributed by atoms with E-state index in [0.29, 0.717) is 5.92 Å². The fourth-order valence-electron chi connectivity index (χ4n) is 2.51. The number of hydrogen-bond acceptors (Lipinski definition) is 2. The average Bonchev–Trinajstić information content (AvgIpc) is 2.30. The van der Waals surface area contributed by atoms with Gasteiger partial charge in [0.2, 0.25) is 0 Å². The first-order valence-corrected chi connectivity index (χ1v) is 5.98.